The van der Waals surface area contributed by atoms with Crippen molar-refractivity contribution in [2.75, 3.05) is 0 Å². The average molecular weight is 168 g/mol. The van der Waals surface area contributed by atoms with Crippen LogP contribution in [0.4, 0.5) is 0 Å². The Hall–Kier alpha value is -1.12. The molecule has 1 aliphatic heterocycles. The maximum Gasteiger partial charge on any atom is 0.317 e. The van der Waals surface area contributed by atoms with Crippen LogP contribution in [-0.2, 0) is 14.3 Å². The van der Waals surface area contributed by atoms with Gasteiger partial charge in [-0.25, -0.2) is 0 Å². The molecule has 0 bridgehead atoms. The van der Waals surface area contributed by atoms with Crippen LogP contribution in [-0.4, -0.2) is 11.9 Å². The van der Waals surface area contributed by atoms with E-state index in [9.17, 15) is 9.59 Å². The highest BCUT2D eigenvalue weighted by Crippen LogP contribution is 2.24. The SMILES string of the molecule is CC=CC(C)C1CC(=O)OC1=O. The fourth-order valence-corrected chi connectivity index (χ4v) is 1.33. The van der Waals surface area contributed by atoms with E-state index < -0.39 is 5.97 Å². The predicted octanol–water partition coefficient (Wildman–Crippen LogP) is 1.29. The van der Waals surface area contributed by atoms with E-state index in [1.165, 1.54) is 0 Å². The Kier molecular flexibility index (Phi) is 2.63. The Morgan fingerprint density at radius 2 is 2.25 bits per heavy atom. The molecule has 0 aromatic rings. The zero-order valence-electron chi connectivity index (χ0n) is 7.24. The van der Waals surface area contributed by atoms with Crippen LogP contribution in [0, 0.1) is 11.8 Å². The first-order chi connectivity index (χ1) is 5.65. The van der Waals surface area contributed by atoms with E-state index in [1.54, 1.807) is 0 Å². The van der Waals surface area contributed by atoms with Gasteiger partial charge in [0.25, 0.3) is 0 Å². The quantitative estimate of drug-likeness (QED) is 0.354. The summed E-state index contributed by atoms with van der Waals surface area (Å²) in [6.45, 7) is 3.79. The monoisotopic (exact) mass is 168 g/mol. The van der Waals surface area contributed by atoms with Gasteiger partial charge in [0.2, 0.25) is 0 Å². The number of esters is 2. The fourth-order valence-electron chi connectivity index (χ4n) is 1.33. The van der Waals surface area contributed by atoms with E-state index in [-0.39, 0.29) is 24.2 Å². The number of rotatable bonds is 2. The van der Waals surface area contributed by atoms with Crippen molar-refractivity contribution in [1.29, 1.82) is 0 Å². The average Bonchev–Trinajstić information content (AvgIpc) is 2.30. The Morgan fingerprint density at radius 3 is 2.67 bits per heavy atom. The zero-order valence-corrected chi connectivity index (χ0v) is 7.24. The standard InChI is InChI=1S/C9H12O3/c1-3-4-6(2)7-5-8(10)12-9(7)11/h3-4,6-7H,5H2,1-2H3. The van der Waals surface area contributed by atoms with Crippen molar-refractivity contribution in [3.05, 3.63) is 12.2 Å². The molecule has 12 heavy (non-hydrogen) atoms. The molecule has 1 fully saturated rings. The molecule has 0 radical (unpaired) electrons. The van der Waals surface area contributed by atoms with Crippen LogP contribution in [0.1, 0.15) is 20.3 Å². The topological polar surface area (TPSA) is 43.4 Å². The van der Waals surface area contributed by atoms with E-state index in [0.717, 1.165) is 0 Å². The van der Waals surface area contributed by atoms with Gasteiger partial charge >= 0.3 is 11.9 Å². The van der Waals surface area contributed by atoms with Gasteiger partial charge in [-0.15, -0.1) is 0 Å². The number of carbonyl (C=O) groups excluding carboxylic acids is 2. The van der Waals surface area contributed by atoms with Gasteiger partial charge in [-0.2, -0.15) is 0 Å². The van der Waals surface area contributed by atoms with Crippen LogP contribution in [0.5, 0.6) is 0 Å². The van der Waals surface area contributed by atoms with Crippen molar-refractivity contribution in [2.24, 2.45) is 11.8 Å². The van der Waals surface area contributed by atoms with Crippen LogP contribution in [0.15, 0.2) is 12.2 Å². The molecule has 0 aliphatic carbocycles. The largest absolute Gasteiger partial charge is 0.393 e. The molecule has 2 atom stereocenters. The van der Waals surface area contributed by atoms with Gasteiger partial charge in [0.15, 0.2) is 0 Å². The van der Waals surface area contributed by atoms with Crippen LogP contribution < -0.4 is 0 Å². The molecule has 0 spiro atoms. The summed E-state index contributed by atoms with van der Waals surface area (Å²) in [5, 5.41) is 0. The molecule has 0 N–H and O–H groups in total. The molecule has 1 heterocycles. The smallest absolute Gasteiger partial charge is 0.317 e. The first-order valence-electron chi connectivity index (χ1n) is 4.02. The van der Waals surface area contributed by atoms with Crippen LogP contribution in [0.3, 0.4) is 0 Å². The normalized spacial score (nSPS) is 26.3. The zero-order chi connectivity index (χ0) is 9.14. The second-order valence-electron chi connectivity index (χ2n) is 2.99. The summed E-state index contributed by atoms with van der Waals surface area (Å²) in [7, 11) is 0. The number of hydrogen-bond donors (Lipinski definition) is 0. The minimum atomic E-state index is -0.402. The molecular weight excluding hydrogens is 156 g/mol. The first kappa shape index (κ1) is 8.97. The summed E-state index contributed by atoms with van der Waals surface area (Å²) in [5.74, 6) is -0.963. The lowest BCUT2D eigenvalue weighted by molar-refractivity contribution is -0.153. The minimum absolute atomic E-state index is 0.0916. The van der Waals surface area contributed by atoms with E-state index in [0.29, 0.717) is 0 Å². The summed E-state index contributed by atoms with van der Waals surface area (Å²) >= 11 is 0. The van der Waals surface area contributed by atoms with Gasteiger partial charge in [0.1, 0.15) is 0 Å². The molecule has 3 heteroatoms. The summed E-state index contributed by atoms with van der Waals surface area (Å²) in [4.78, 5) is 21.7. The fraction of sp³-hybridized carbons (Fsp3) is 0.556. The number of cyclic esters (lactones) is 2. The third kappa shape index (κ3) is 1.72. The van der Waals surface area contributed by atoms with Crippen molar-refractivity contribution in [2.45, 2.75) is 20.3 Å². The van der Waals surface area contributed by atoms with Crippen LogP contribution in [0.2, 0.25) is 0 Å². The number of hydrogen-bond acceptors (Lipinski definition) is 3. The Bertz CT molecular complexity index is 230. The number of carbonyl (C=O) groups is 2. The van der Waals surface area contributed by atoms with E-state index in [1.807, 2.05) is 26.0 Å². The molecule has 1 rings (SSSR count). The molecular formula is C9H12O3. The third-order valence-electron chi connectivity index (χ3n) is 2.03. The van der Waals surface area contributed by atoms with Gasteiger partial charge < -0.3 is 4.74 Å². The molecule has 3 nitrogen and oxygen atoms in total. The van der Waals surface area contributed by atoms with Crippen molar-refractivity contribution >= 4 is 11.9 Å². The third-order valence-corrected chi connectivity index (χ3v) is 2.03. The maximum absolute atomic E-state index is 11.0. The Labute approximate surface area is 71.4 Å². The number of allylic oxidation sites excluding steroid dienone is 2. The predicted molar refractivity (Wildman–Crippen MR) is 43.2 cm³/mol. The molecule has 0 saturated carbocycles. The van der Waals surface area contributed by atoms with Gasteiger partial charge in [-0.3, -0.25) is 9.59 Å². The summed E-state index contributed by atoms with van der Waals surface area (Å²) in [6.07, 6.45) is 4.01. The Morgan fingerprint density at radius 1 is 1.58 bits per heavy atom. The van der Waals surface area contributed by atoms with Gasteiger partial charge in [0.05, 0.1) is 12.3 Å². The molecule has 66 valence electrons. The highest BCUT2D eigenvalue weighted by molar-refractivity contribution is 5.94. The molecule has 2 unspecified atom stereocenters. The van der Waals surface area contributed by atoms with E-state index in [4.69, 9.17) is 0 Å². The summed E-state index contributed by atoms with van der Waals surface area (Å²) in [6, 6.07) is 0. The van der Waals surface area contributed by atoms with Gasteiger partial charge in [-0.1, -0.05) is 19.1 Å². The van der Waals surface area contributed by atoms with Crippen molar-refractivity contribution in [1.82, 2.24) is 0 Å². The Balaban J connectivity index is 2.63. The lowest BCUT2D eigenvalue weighted by Crippen LogP contribution is -2.14. The molecule has 1 saturated heterocycles. The second kappa shape index (κ2) is 3.52. The van der Waals surface area contributed by atoms with E-state index >= 15 is 0 Å². The van der Waals surface area contributed by atoms with Crippen molar-refractivity contribution < 1.29 is 14.3 Å². The van der Waals surface area contributed by atoms with E-state index in [2.05, 4.69) is 4.74 Å². The maximum atomic E-state index is 11.0. The minimum Gasteiger partial charge on any atom is -0.393 e. The second-order valence-corrected chi connectivity index (χ2v) is 2.99. The van der Waals surface area contributed by atoms with Crippen LogP contribution >= 0.6 is 0 Å². The lowest BCUT2D eigenvalue weighted by Gasteiger charge is -2.08. The van der Waals surface area contributed by atoms with Gasteiger partial charge in [0, 0.05) is 0 Å². The van der Waals surface area contributed by atoms with Crippen molar-refractivity contribution in [3.8, 4) is 0 Å². The lowest BCUT2D eigenvalue weighted by atomic mass is 9.92. The summed E-state index contributed by atoms with van der Waals surface area (Å²) < 4.78 is 4.43. The molecule has 0 aromatic heterocycles. The summed E-state index contributed by atoms with van der Waals surface area (Å²) in [5.41, 5.74) is 0. The highest BCUT2D eigenvalue weighted by Gasteiger charge is 2.36. The van der Waals surface area contributed by atoms with Crippen LogP contribution in [0.25, 0.3) is 0 Å². The molecule has 0 aromatic carbocycles. The van der Waals surface area contributed by atoms with Crippen molar-refractivity contribution in [3.63, 3.8) is 0 Å². The first-order valence-corrected chi connectivity index (χ1v) is 4.02. The highest BCUT2D eigenvalue weighted by atomic mass is 16.6. The molecule has 0 amide bonds. The van der Waals surface area contributed by atoms with Gasteiger partial charge in [-0.05, 0) is 12.8 Å². The number of ether oxygens (including phenoxy) is 1. The molecule has 1 aliphatic rings.